The van der Waals surface area contributed by atoms with E-state index in [1.54, 1.807) is 7.05 Å². The van der Waals surface area contributed by atoms with Crippen LogP contribution in [0.3, 0.4) is 0 Å². The monoisotopic (exact) mass is 424 g/mol. The maximum Gasteiger partial charge on any atom is 0.191 e. The summed E-state index contributed by atoms with van der Waals surface area (Å²) >= 11 is 0. The lowest BCUT2D eigenvalue weighted by molar-refractivity contribution is 0.0756. The minimum absolute atomic E-state index is 0.346. The highest BCUT2D eigenvalue weighted by Gasteiger charge is 2.42. The zero-order valence-corrected chi connectivity index (χ0v) is 19.0. The van der Waals surface area contributed by atoms with E-state index in [1.807, 2.05) is 6.07 Å². The summed E-state index contributed by atoms with van der Waals surface area (Å²) in [6.45, 7) is 5.18. The van der Waals surface area contributed by atoms with Crippen LogP contribution >= 0.6 is 0 Å². The van der Waals surface area contributed by atoms with Gasteiger partial charge in [0.05, 0.1) is 4.75 Å². The molecule has 0 bridgehead atoms. The van der Waals surface area contributed by atoms with Gasteiger partial charge in [-0.3, -0.25) is 9.89 Å². The molecule has 1 fully saturated rings. The Morgan fingerprint density at radius 1 is 1.24 bits per heavy atom. The number of nitrogens with one attached hydrogen (secondary N) is 2. The van der Waals surface area contributed by atoms with E-state index in [9.17, 15) is 8.42 Å². The SMILES string of the molecule is CN=C(NCCC(C)N(C)Cc1ccccc1)NCC1(S(C)(=O)=O)CCOCC1. The Bertz CT molecular complexity index is 746. The molecule has 164 valence electrons. The summed E-state index contributed by atoms with van der Waals surface area (Å²) in [6.07, 6.45) is 3.30. The molecular formula is C21H36N4O3S. The third kappa shape index (κ3) is 6.97. The van der Waals surface area contributed by atoms with Gasteiger partial charge in [0.25, 0.3) is 0 Å². The summed E-state index contributed by atoms with van der Waals surface area (Å²) in [6, 6.07) is 10.8. The fraction of sp³-hybridized carbons (Fsp3) is 0.667. The van der Waals surface area contributed by atoms with E-state index in [1.165, 1.54) is 11.8 Å². The third-order valence-electron chi connectivity index (χ3n) is 5.87. The zero-order valence-electron chi connectivity index (χ0n) is 18.1. The molecule has 1 aromatic carbocycles. The van der Waals surface area contributed by atoms with Gasteiger partial charge in [-0.15, -0.1) is 0 Å². The van der Waals surface area contributed by atoms with Crippen LogP contribution in [-0.4, -0.2) is 76.7 Å². The summed E-state index contributed by atoms with van der Waals surface area (Å²) in [5.41, 5.74) is 1.30. The molecule has 7 nitrogen and oxygen atoms in total. The second-order valence-corrected chi connectivity index (χ2v) is 10.4. The normalized spacial score (nSPS) is 18.4. The quantitative estimate of drug-likeness (QED) is 0.463. The smallest absolute Gasteiger partial charge is 0.191 e. The topological polar surface area (TPSA) is 83.0 Å². The number of ether oxygens (including phenoxy) is 1. The van der Waals surface area contributed by atoms with Crippen molar-refractivity contribution in [1.29, 1.82) is 0 Å². The second-order valence-electron chi connectivity index (χ2n) is 7.96. The van der Waals surface area contributed by atoms with Crippen LogP contribution in [0.4, 0.5) is 0 Å². The first kappa shape index (κ1) is 23.6. The first-order valence-corrected chi connectivity index (χ1v) is 12.1. The Morgan fingerprint density at radius 3 is 2.48 bits per heavy atom. The highest BCUT2D eigenvalue weighted by atomic mass is 32.2. The number of sulfone groups is 1. The van der Waals surface area contributed by atoms with Crippen molar-refractivity contribution in [2.75, 3.05) is 46.7 Å². The van der Waals surface area contributed by atoms with Crippen LogP contribution in [-0.2, 0) is 21.1 Å². The van der Waals surface area contributed by atoms with Crippen molar-refractivity contribution >= 4 is 15.8 Å². The molecule has 0 aliphatic carbocycles. The van der Waals surface area contributed by atoms with Crippen molar-refractivity contribution in [3.05, 3.63) is 35.9 Å². The maximum absolute atomic E-state index is 12.4. The molecule has 1 heterocycles. The van der Waals surface area contributed by atoms with E-state index in [-0.39, 0.29) is 0 Å². The Kier molecular flexibility index (Phi) is 8.92. The van der Waals surface area contributed by atoms with Gasteiger partial charge in [0, 0.05) is 52.2 Å². The molecule has 0 amide bonds. The van der Waals surface area contributed by atoms with Crippen molar-refractivity contribution in [2.24, 2.45) is 4.99 Å². The second kappa shape index (κ2) is 10.9. The predicted octanol–water partition coefficient (Wildman–Crippen LogP) is 1.66. The van der Waals surface area contributed by atoms with Crippen LogP contribution < -0.4 is 10.6 Å². The van der Waals surface area contributed by atoms with Crippen molar-refractivity contribution in [3.8, 4) is 0 Å². The summed E-state index contributed by atoms with van der Waals surface area (Å²) < 4.78 is 29.3. The predicted molar refractivity (Wildman–Crippen MR) is 119 cm³/mol. The standard InChI is InChI=1S/C21H36N4O3S/c1-18(25(3)16-19-8-6-5-7-9-19)10-13-23-20(22-2)24-17-21(29(4,26)27)11-14-28-15-12-21/h5-9,18H,10-17H2,1-4H3,(H2,22,23,24). The molecule has 0 spiro atoms. The summed E-state index contributed by atoms with van der Waals surface area (Å²) in [4.78, 5) is 6.58. The Labute approximate surface area is 175 Å². The van der Waals surface area contributed by atoms with Crippen molar-refractivity contribution < 1.29 is 13.2 Å². The fourth-order valence-electron chi connectivity index (χ4n) is 3.53. The number of hydrogen-bond acceptors (Lipinski definition) is 5. The van der Waals surface area contributed by atoms with Gasteiger partial charge in [-0.05, 0) is 38.8 Å². The molecule has 1 aliphatic rings. The van der Waals surface area contributed by atoms with E-state index < -0.39 is 14.6 Å². The zero-order chi connectivity index (χ0) is 21.3. The highest BCUT2D eigenvalue weighted by Crippen LogP contribution is 2.28. The van der Waals surface area contributed by atoms with Crippen LogP contribution in [0.2, 0.25) is 0 Å². The van der Waals surface area contributed by atoms with Crippen LogP contribution in [0.5, 0.6) is 0 Å². The number of hydrogen-bond donors (Lipinski definition) is 2. The Morgan fingerprint density at radius 2 is 1.90 bits per heavy atom. The molecule has 0 saturated carbocycles. The third-order valence-corrected chi connectivity index (χ3v) is 8.00. The van der Waals surface area contributed by atoms with Crippen molar-refractivity contribution in [1.82, 2.24) is 15.5 Å². The average Bonchev–Trinajstić information content (AvgIpc) is 2.71. The summed E-state index contributed by atoms with van der Waals surface area (Å²) in [7, 11) is 0.638. The number of guanidine groups is 1. The van der Waals surface area contributed by atoms with Crippen LogP contribution in [0.25, 0.3) is 0 Å². The molecule has 0 aromatic heterocycles. The molecule has 1 aliphatic heterocycles. The highest BCUT2D eigenvalue weighted by molar-refractivity contribution is 7.92. The minimum Gasteiger partial charge on any atom is -0.381 e. The van der Waals surface area contributed by atoms with E-state index in [4.69, 9.17) is 4.74 Å². The minimum atomic E-state index is -3.20. The van der Waals surface area contributed by atoms with E-state index >= 15 is 0 Å². The van der Waals surface area contributed by atoms with Gasteiger partial charge in [0.1, 0.15) is 0 Å². The van der Waals surface area contributed by atoms with Gasteiger partial charge >= 0.3 is 0 Å². The van der Waals surface area contributed by atoms with Gasteiger partial charge in [-0.1, -0.05) is 30.3 Å². The first-order valence-electron chi connectivity index (χ1n) is 10.2. The van der Waals surface area contributed by atoms with E-state index in [0.29, 0.717) is 44.6 Å². The van der Waals surface area contributed by atoms with E-state index in [0.717, 1.165) is 19.5 Å². The molecule has 1 atom stereocenters. The summed E-state index contributed by atoms with van der Waals surface area (Å²) in [5.74, 6) is 0.637. The molecule has 8 heteroatoms. The lowest BCUT2D eigenvalue weighted by atomic mass is 9.99. The fourth-order valence-corrected chi connectivity index (χ4v) is 4.78. The number of aliphatic imine (C=N–C) groups is 1. The molecular weight excluding hydrogens is 388 g/mol. The van der Waals surface area contributed by atoms with Crippen LogP contribution in [0.15, 0.2) is 35.3 Å². The van der Waals surface area contributed by atoms with Crippen LogP contribution in [0.1, 0.15) is 31.7 Å². The molecule has 1 aromatic rings. The number of benzene rings is 1. The lowest BCUT2D eigenvalue weighted by Crippen LogP contribution is -2.53. The largest absolute Gasteiger partial charge is 0.381 e. The van der Waals surface area contributed by atoms with Crippen LogP contribution in [0, 0.1) is 0 Å². The summed E-state index contributed by atoms with van der Waals surface area (Å²) in [5, 5.41) is 6.53. The average molecular weight is 425 g/mol. The van der Waals surface area contributed by atoms with Gasteiger partial charge in [0.2, 0.25) is 0 Å². The van der Waals surface area contributed by atoms with Gasteiger partial charge in [0.15, 0.2) is 15.8 Å². The molecule has 2 rings (SSSR count). The van der Waals surface area contributed by atoms with E-state index in [2.05, 4.69) is 58.8 Å². The maximum atomic E-state index is 12.4. The molecule has 29 heavy (non-hydrogen) atoms. The van der Waals surface area contributed by atoms with Gasteiger partial charge < -0.3 is 15.4 Å². The Hall–Kier alpha value is -1.64. The van der Waals surface area contributed by atoms with Gasteiger partial charge in [-0.25, -0.2) is 8.42 Å². The van der Waals surface area contributed by atoms with Gasteiger partial charge in [-0.2, -0.15) is 0 Å². The van der Waals surface area contributed by atoms with Crippen molar-refractivity contribution in [2.45, 2.75) is 43.5 Å². The molecule has 1 unspecified atom stereocenters. The lowest BCUT2D eigenvalue weighted by Gasteiger charge is -2.35. The first-order chi connectivity index (χ1) is 13.8. The molecule has 0 radical (unpaired) electrons. The molecule has 2 N–H and O–H groups in total. The van der Waals surface area contributed by atoms with Crippen molar-refractivity contribution in [3.63, 3.8) is 0 Å². The number of rotatable bonds is 9. The molecule has 1 saturated heterocycles. The Balaban J connectivity index is 1.79. The number of nitrogens with zero attached hydrogens (tertiary/aromatic N) is 2.